The van der Waals surface area contributed by atoms with Crippen LogP contribution in [0.3, 0.4) is 0 Å². The second-order valence-corrected chi connectivity index (χ2v) is 8.73. The zero-order chi connectivity index (χ0) is 22.7. The first-order valence-corrected chi connectivity index (χ1v) is 12.0. The highest BCUT2D eigenvalue weighted by atomic mass is 15.6. The van der Waals surface area contributed by atoms with Gasteiger partial charge < -0.3 is 0 Å². The third-order valence-corrected chi connectivity index (χ3v) is 6.79. The van der Waals surface area contributed by atoms with Crippen LogP contribution < -0.4 is 10.7 Å². The van der Waals surface area contributed by atoms with Crippen LogP contribution in [0.15, 0.2) is 66.9 Å². The maximum atomic E-state index is 4.37. The first kappa shape index (κ1) is 22.7. The number of nitrogens with one attached hydrogen (secondary N) is 2. The summed E-state index contributed by atoms with van der Waals surface area (Å²) >= 11 is 0. The smallest absolute Gasteiger partial charge is 0.0997 e. The fourth-order valence-electron chi connectivity index (χ4n) is 5.16. The molecule has 2 aromatic carbocycles. The van der Waals surface area contributed by atoms with Crippen LogP contribution in [0, 0.1) is 6.92 Å². The van der Waals surface area contributed by atoms with Gasteiger partial charge in [0, 0.05) is 30.9 Å². The number of aryl methyl sites for hydroxylation is 2. The zero-order valence-electron chi connectivity index (χ0n) is 20.0. The molecule has 0 saturated carbocycles. The van der Waals surface area contributed by atoms with Crippen LogP contribution in [0.1, 0.15) is 84.9 Å². The Hall–Kier alpha value is -2.53. The number of rotatable bonds is 4. The van der Waals surface area contributed by atoms with Gasteiger partial charge >= 0.3 is 0 Å². The number of aromatic nitrogens is 1. The molecule has 3 aromatic rings. The third-order valence-electron chi connectivity index (χ3n) is 6.79. The standard InChI is InChI=1S/C26H30N4.C2H6/c1-17-16-20(14-15-27-17)18(2)25-22-10-6-7-11-23(22)26(30(3)29-25)28-24-13-12-19-8-4-5-9-21(19)24;1-2/h4-11,14-16,18,24-26,28-29H,12-13H2,1-3H3;1-2H3. The van der Waals surface area contributed by atoms with Crippen LogP contribution in [0.5, 0.6) is 0 Å². The van der Waals surface area contributed by atoms with Crippen molar-refractivity contribution in [3.8, 4) is 0 Å². The van der Waals surface area contributed by atoms with Gasteiger partial charge in [-0.1, -0.05) is 69.3 Å². The Labute approximate surface area is 193 Å². The van der Waals surface area contributed by atoms with Gasteiger partial charge in [0.15, 0.2) is 0 Å². The first-order chi connectivity index (χ1) is 15.6. The molecule has 0 amide bonds. The second-order valence-electron chi connectivity index (χ2n) is 8.73. The van der Waals surface area contributed by atoms with Crippen molar-refractivity contribution in [2.75, 3.05) is 7.05 Å². The minimum atomic E-state index is 0.139. The van der Waals surface area contributed by atoms with Gasteiger partial charge in [-0.25, -0.2) is 10.4 Å². The van der Waals surface area contributed by atoms with Gasteiger partial charge in [0.2, 0.25) is 0 Å². The molecular formula is C28H36N4. The molecular weight excluding hydrogens is 392 g/mol. The Kier molecular flexibility index (Phi) is 7.04. The van der Waals surface area contributed by atoms with Crippen LogP contribution in [-0.4, -0.2) is 17.0 Å². The van der Waals surface area contributed by atoms with Crippen molar-refractivity contribution in [1.82, 2.24) is 20.7 Å². The predicted molar refractivity (Wildman–Crippen MR) is 132 cm³/mol. The number of benzene rings is 2. The molecule has 0 fully saturated rings. The summed E-state index contributed by atoms with van der Waals surface area (Å²) in [6.07, 6.45) is 4.36. The summed E-state index contributed by atoms with van der Waals surface area (Å²) in [7, 11) is 2.16. The number of hydrogen-bond donors (Lipinski definition) is 2. The van der Waals surface area contributed by atoms with Gasteiger partial charge in [0.05, 0.1) is 12.2 Å². The van der Waals surface area contributed by atoms with Crippen molar-refractivity contribution >= 4 is 0 Å². The number of fused-ring (bicyclic) bond motifs is 2. The Bertz CT molecular complexity index is 1050. The van der Waals surface area contributed by atoms with E-state index in [1.54, 1.807) is 0 Å². The summed E-state index contributed by atoms with van der Waals surface area (Å²) in [5, 5.41) is 6.20. The summed E-state index contributed by atoms with van der Waals surface area (Å²) in [6, 6.07) is 22.7. The van der Waals surface area contributed by atoms with E-state index in [9.17, 15) is 0 Å². The van der Waals surface area contributed by atoms with Crippen molar-refractivity contribution in [3.05, 3.63) is 100 Å². The Morgan fingerprint density at radius 1 is 1.00 bits per heavy atom. The molecule has 0 bridgehead atoms. The molecule has 4 nitrogen and oxygen atoms in total. The molecule has 0 spiro atoms. The zero-order valence-corrected chi connectivity index (χ0v) is 20.0. The average molecular weight is 429 g/mol. The van der Waals surface area contributed by atoms with Crippen LogP contribution in [0.2, 0.25) is 0 Å². The normalized spacial score (nSPS) is 23.0. The fraction of sp³-hybridized carbons (Fsp3) is 0.393. The van der Waals surface area contributed by atoms with Gasteiger partial charge in [-0.2, -0.15) is 0 Å². The molecule has 1 aromatic heterocycles. The molecule has 2 aliphatic rings. The van der Waals surface area contributed by atoms with E-state index in [1.807, 2.05) is 20.0 Å². The number of nitrogens with zero attached hydrogens (tertiary/aromatic N) is 2. The lowest BCUT2D eigenvalue weighted by Crippen LogP contribution is -2.51. The molecule has 2 N–H and O–H groups in total. The van der Waals surface area contributed by atoms with E-state index in [0.717, 1.165) is 18.5 Å². The van der Waals surface area contributed by atoms with E-state index in [1.165, 1.54) is 27.8 Å². The van der Waals surface area contributed by atoms with Crippen molar-refractivity contribution in [2.24, 2.45) is 0 Å². The lowest BCUT2D eigenvalue weighted by molar-refractivity contribution is 0.0763. The van der Waals surface area contributed by atoms with E-state index >= 15 is 0 Å². The van der Waals surface area contributed by atoms with Crippen LogP contribution in [0.4, 0.5) is 0 Å². The Morgan fingerprint density at radius 2 is 1.69 bits per heavy atom. The molecule has 0 saturated heterocycles. The number of hydrogen-bond acceptors (Lipinski definition) is 4. The van der Waals surface area contributed by atoms with Crippen molar-refractivity contribution in [2.45, 2.75) is 64.7 Å². The van der Waals surface area contributed by atoms with Crippen LogP contribution >= 0.6 is 0 Å². The van der Waals surface area contributed by atoms with Crippen LogP contribution in [-0.2, 0) is 6.42 Å². The van der Waals surface area contributed by atoms with E-state index in [0.29, 0.717) is 12.0 Å². The maximum Gasteiger partial charge on any atom is 0.0997 e. The topological polar surface area (TPSA) is 40.2 Å². The quantitative estimate of drug-likeness (QED) is 0.536. The minimum Gasteiger partial charge on any atom is -0.290 e. The van der Waals surface area contributed by atoms with Gasteiger partial charge in [0.1, 0.15) is 0 Å². The second kappa shape index (κ2) is 9.95. The minimum absolute atomic E-state index is 0.139. The average Bonchev–Trinajstić information content (AvgIpc) is 3.24. The van der Waals surface area contributed by atoms with Gasteiger partial charge in [0.25, 0.3) is 0 Å². The van der Waals surface area contributed by atoms with Crippen molar-refractivity contribution in [3.63, 3.8) is 0 Å². The SMILES string of the molecule is CC.Cc1cc(C(C)C2NN(C)C(NC3CCc4ccccc43)c3ccccc32)ccn1. The van der Waals surface area contributed by atoms with Gasteiger partial charge in [-0.15, -0.1) is 0 Å². The van der Waals surface area contributed by atoms with Crippen molar-refractivity contribution < 1.29 is 0 Å². The summed E-state index contributed by atoms with van der Waals surface area (Å²) in [6.45, 7) is 8.36. The molecule has 2 heterocycles. The molecule has 4 heteroatoms. The largest absolute Gasteiger partial charge is 0.290 e. The summed E-state index contributed by atoms with van der Waals surface area (Å²) in [4.78, 5) is 4.37. The van der Waals surface area contributed by atoms with E-state index in [4.69, 9.17) is 0 Å². The number of hydrazine groups is 1. The lowest BCUT2D eigenvalue weighted by atomic mass is 9.84. The van der Waals surface area contributed by atoms with Crippen molar-refractivity contribution in [1.29, 1.82) is 0 Å². The molecule has 32 heavy (non-hydrogen) atoms. The highest BCUT2D eigenvalue weighted by molar-refractivity contribution is 5.39. The highest BCUT2D eigenvalue weighted by Gasteiger charge is 2.36. The molecule has 4 atom stereocenters. The predicted octanol–water partition coefficient (Wildman–Crippen LogP) is 5.99. The summed E-state index contributed by atoms with van der Waals surface area (Å²) in [5.74, 6) is 0.337. The molecule has 1 aliphatic carbocycles. The summed E-state index contributed by atoms with van der Waals surface area (Å²) in [5.41, 5.74) is 11.8. The maximum absolute atomic E-state index is 4.37. The Morgan fingerprint density at radius 3 is 2.44 bits per heavy atom. The molecule has 4 unspecified atom stereocenters. The summed E-state index contributed by atoms with van der Waals surface area (Å²) < 4.78 is 0. The third kappa shape index (κ3) is 4.36. The number of pyridine rings is 1. The molecule has 5 rings (SSSR count). The van der Waals surface area contributed by atoms with Gasteiger partial charge in [-0.05, 0) is 59.7 Å². The first-order valence-electron chi connectivity index (χ1n) is 12.0. The monoisotopic (exact) mass is 428 g/mol. The molecule has 1 aliphatic heterocycles. The van der Waals surface area contributed by atoms with E-state index < -0.39 is 0 Å². The van der Waals surface area contributed by atoms with Crippen LogP contribution in [0.25, 0.3) is 0 Å². The fourth-order valence-corrected chi connectivity index (χ4v) is 5.16. The molecule has 0 radical (unpaired) electrons. The van der Waals surface area contributed by atoms with E-state index in [2.05, 4.69) is 102 Å². The molecule has 168 valence electrons. The van der Waals surface area contributed by atoms with E-state index in [-0.39, 0.29) is 12.2 Å². The Balaban J connectivity index is 0.00000119. The highest BCUT2D eigenvalue weighted by Crippen LogP contribution is 2.41. The van der Waals surface area contributed by atoms with Gasteiger partial charge in [-0.3, -0.25) is 10.3 Å². The lowest BCUT2D eigenvalue weighted by Gasteiger charge is -2.43.